The highest BCUT2D eigenvalue weighted by Crippen LogP contribution is 2.24. The van der Waals surface area contributed by atoms with Crippen LogP contribution in [0.25, 0.3) is 0 Å². The van der Waals surface area contributed by atoms with E-state index in [0.717, 1.165) is 0 Å². The smallest absolute Gasteiger partial charge is 0.328 e. The number of hydrogen-bond donors (Lipinski definition) is 1. The molecule has 0 saturated heterocycles. The maximum absolute atomic E-state index is 12.0. The molecule has 0 aliphatic rings. The Kier molecular flexibility index (Phi) is 4.94. The van der Waals surface area contributed by atoms with E-state index in [1.165, 1.54) is 18.4 Å². The molecule has 5 nitrogen and oxygen atoms in total. The number of nitrogens with one attached hydrogen (secondary N) is 1. The van der Waals surface area contributed by atoms with Crippen LogP contribution in [0.4, 0.5) is 0 Å². The number of carbonyl (C=O) groups excluding carboxylic acids is 2. The highest BCUT2D eigenvalue weighted by molar-refractivity contribution is 7.12. The van der Waals surface area contributed by atoms with E-state index in [0.29, 0.717) is 10.6 Å². The fourth-order valence-electron chi connectivity index (χ4n) is 1.34. The molecule has 0 unspecified atom stereocenters. The van der Waals surface area contributed by atoms with Crippen LogP contribution in [-0.4, -0.2) is 30.6 Å². The molecule has 0 fully saturated rings. The van der Waals surface area contributed by atoms with Crippen LogP contribution in [0.3, 0.4) is 0 Å². The zero-order valence-corrected chi connectivity index (χ0v) is 12.6. The molecule has 1 aromatic rings. The number of ether oxygens (including phenoxy) is 2. The van der Waals surface area contributed by atoms with Crippen molar-refractivity contribution >= 4 is 23.2 Å². The van der Waals surface area contributed by atoms with E-state index in [9.17, 15) is 9.59 Å². The van der Waals surface area contributed by atoms with Gasteiger partial charge in [-0.2, -0.15) is 0 Å². The monoisotopic (exact) mass is 285 g/mol. The third kappa shape index (κ3) is 4.55. The first-order chi connectivity index (χ1) is 8.74. The van der Waals surface area contributed by atoms with E-state index < -0.39 is 17.6 Å². The second kappa shape index (κ2) is 6.06. The molecule has 6 heteroatoms. The number of amides is 1. The lowest BCUT2D eigenvalue weighted by molar-refractivity contribution is -0.156. The van der Waals surface area contributed by atoms with Gasteiger partial charge in [-0.3, -0.25) is 4.79 Å². The summed E-state index contributed by atoms with van der Waals surface area (Å²) in [5, 5.41) is 4.35. The Bertz CT molecular complexity index is 461. The molecule has 1 atom stereocenters. The highest BCUT2D eigenvalue weighted by atomic mass is 32.1. The Balaban J connectivity index is 2.64. The summed E-state index contributed by atoms with van der Waals surface area (Å²) >= 11 is 1.26. The minimum absolute atomic E-state index is 0.342. The van der Waals surface area contributed by atoms with Gasteiger partial charge in [0.15, 0.2) is 0 Å². The number of esters is 1. The fourth-order valence-corrected chi connectivity index (χ4v) is 2.10. The second-order valence-corrected chi connectivity index (χ2v) is 5.96. The Hall–Kier alpha value is -1.56. The number of rotatable bonds is 4. The average molecular weight is 285 g/mol. The van der Waals surface area contributed by atoms with Crippen molar-refractivity contribution in [2.24, 2.45) is 0 Å². The van der Waals surface area contributed by atoms with E-state index in [2.05, 4.69) is 5.32 Å². The van der Waals surface area contributed by atoms with Crippen LogP contribution < -0.4 is 10.1 Å². The first kappa shape index (κ1) is 15.5. The minimum atomic E-state index is -0.710. The third-order valence-corrected chi connectivity index (χ3v) is 3.06. The van der Waals surface area contributed by atoms with Gasteiger partial charge in [-0.1, -0.05) is 0 Å². The van der Waals surface area contributed by atoms with E-state index in [4.69, 9.17) is 9.47 Å². The minimum Gasteiger partial charge on any atom is -0.495 e. The molecule has 0 aliphatic heterocycles. The molecule has 19 heavy (non-hydrogen) atoms. The predicted molar refractivity (Wildman–Crippen MR) is 73.6 cm³/mol. The molecule has 1 N–H and O–H groups in total. The van der Waals surface area contributed by atoms with Gasteiger partial charge in [-0.15, -0.1) is 11.3 Å². The number of methoxy groups -OCH3 is 1. The summed E-state index contributed by atoms with van der Waals surface area (Å²) in [5.41, 5.74) is -0.573. The van der Waals surface area contributed by atoms with Crippen molar-refractivity contribution in [3.05, 3.63) is 16.3 Å². The van der Waals surface area contributed by atoms with E-state index in [1.807, 2.05) is 0 Å². The first-order valence-electron chi connectivity index (χ1n) is 5.90. The molecule has 1 heterocycles. The average Bonchev–Trinajstić information content (AvgIpc) is 2.74. The van der Waals surface area contributed by atoms with Gasteiger partial charge in [-0.25, -0.2) is 4.79 Å². The van der Waals surface area contributed by atoms with Crippen molar-refractivity contribution in [2.75, 3.05) is 7.11 Å². The summed E-state index contributed by atoms with van der Waals surface area (Å²) in [6.45, 7) is 6.93. The molecule has 106 valence electrons. The van der Waals surface area contributed by atoms with Gasteiger partial charge in [-0.05, 0) is 39.1 Å². The van der Waals surface area contributed by atoms with Crippen LogP contribution in [-0.2, 0) is 9.53 Å². The van der Waals surface area contributed by atoms with Crippen molar-refractivity contribution in [3.8, 4) is 5.75 Å². The van der Waals surface area contributed by atoms with Gasteiger partial charge in [0.1, 0.15) is 22.3 Å². The largest absolute Gasteiger partial charge is 0.495 e. The van der Waals surface area contributed by atoms with Gasteiger partial charge >= 0.3 is 5.97 Å². The zero-order valence-electron chi connectivity index (χ0n) is 11.8. The number of carbonyl (C=O) groups is 2. The molecule has 1 amide bonds. The Morgan fingerprint density at radius 1 is 1.37 bits per heavy atom. The first-order valence-corrected chi connectivity index (χ1v) is 6.78. The van der Waals surface area contributed by atoms with Crippen molar-refractivity contribution in [1.29, 1.82) is 0 Å². The fraction of sp³-hybridized carbons (Fsp3) is 0.538. The van der Waals surface area contributed by atoms with Crippen LogP contribution in [0.15, 0.2) is 11.4 Å². The molecule has 0 bridgehead atoms. The van der Waals surface area contributed by atoms with E-state index >= 15 is 0 Å². The SMILES string of the molecule is COc1ccsc1C(=O)N[C@H](C)C(=O)OC(C)(C)C. The summed E-state index contributed by atoms with van der Waals surface area (Å²) in [5.74, 6) is -0.305. The quantitative estimate of drug-likeness (QED) is 0.861. The summed E-state index contributed by atoms with van der Waals surface area (Å²) in [6, 6.07) is 0.996. The molecule has 0 radical (unpaired) electrons. The van der Waals surface area contributed by atoms with Crippen LogP contribution >= 0.6 is 11.3 Å². The lowest BCUT2D eigenvalue weighted by Crippen LogP contribution is -2.42. The Morgan fingerprint density at radius 2 is 2.00 bits per heavy atom. The standard InChI is InChI=1S/C13H19NO4S/c1-8(12(16)18-13(2,3)4)14-11(15)10-9(17-5)6-7-19-10/h6-8H,1-5H3,(H,14,15)/t8-/m1/s1. The zero-order chi connectivity index (χ0) is 14.6. The molecule has 0 aliphatic carbocycles. The molecular weight excluding hydrogens is 266 g/mol. The van der Waals surface area contributed by atoms with Crippen molar-refractivity contribution in [2.45, 2.75) is 39.3 Å². The lowest BCUT2D eigenvalue weighted by Gasteiger charge is -2.22. The maximum atomic E-state index is 12.0. The summed E-state index contributed by atoms with van der Waals surface area (Å²) in [6.07, 6.45) is 0. The van der Waals surface area contributed by atoms with E-state index in [1.54, 1.807) is 39.1 Å². The third-order valence-electron chi connectivity index (χ3n) is 2.16. The predicted octanol–water partition coefficient (Wildman–Crippen LogP) is 2.22. The molecule has 0 saturated carbocycles. The summed E-state index contributed by atoms with van der Waals surface area (Å²) in [7, 11) is 1.50. The molecule has 0 spiro atoms. The number of hydrogen-bond acceptors (Lipinski definition) is 5. The van der Waals surface area contributed by atoms with Crippen LogP contribution in [0.2, 0.25) is 0 Å². The van der Waals surface area contributed by atoms with Crippen LogP contribution in [0.5, 0.6) is 5.75 Å². The summed E-state index contributed by atoms with van der Waals surface area (Å²) < 4.78 is 10.3. The van der Waals surface area contributed by atoms with Crippen molar-refractivity contribution in [3.63, 3.8) is 0 Å². The van der Waals surface area contributed by atoms with Gasteiger partial charge in [0.25, 0.3) is 5.91 Å². The Morgan fingerprint density at radius 3 is 2.53 bits per heavy atom. The van der Waals surface area contributed by atoms with Gasteiger partial charge < -0.3 is 14.8 Å². The molecular formula is C13H19NO4S. The van der Waals surface area contributed by atoms with Gasteiger partial charge in [0, 0.05) is 0 Å². The van der Waals surface area contributed by atoms with Crippen molar-refractivity contribution < 1.29 is 19.1 Å². The van der Waals surface area contributed by atoms with Gasteiger partial charge in [0.05, 0.1) is 7.11 Å². The van der Waals surface area contributed by atoms with Crippen LogP contribution in [0.1, 0.15) is 37.4 Å². The normalized spacial score (nSPS) is 12.7. The second-order valence-electron chi connectivity index (χ2n) is 5.05. The molecule has 1 rings (SSSR count). The summed E-state index contributed by atoms with van der Waals surface area (Å²) in [4.78, 5) is 24.2. The molecule has 1 aromatic heterocycles. The topological polar surface area (TPSA) is 64.6 Å². The number of thiophene rings is 1. The van der Waals surface area contributed by atoms with Crippen LogP contribution in [0, 0.1) is 0 Å². The van der Waals surface area contributed by atoms with E-state index in [-0.39, 0.29) is 5.91 Å². The maximum Gasteiger partial charge on any atom is 0.328 e. The lowest BCUT2D eigenvalue weighted by atomic mass is 10.2. The van der Waals surface area contributed by atoms with Gasteiger partial charge in [0.2, 0.25) is 0 Å². The molecule has 0 aromatic carbocycles. The highest BCUT2D eigenvalue weighted by Gasteiger charge is 2.24. The Labute approximate surface area is 116 Å². The van der Waals surface area contributed by atoms with Crippen molar-refractivity contribution in [1.82, 2.24) is 5.32 Å².